The van der Waals surface area contributed by atoms with Crippen molar-refractivity contribution in [1.29, 1.82) is 0 Å². The molecule has 0 saturated carbocycles. The average molecular weight is 398 g/mol. The van der Waals surface area contributed by atoms with E-state index in [9.17, 15) is 13.2 Å². The largest absolute Gasteiger partial charge is 0.433 e. The molecular formula is C20H17F3N6. The number of para-hydroxylation sites is 1. The van der Waals surface area contributed by atoms with Gasteiger partial charge in [0.25, 0.3) is 0 Å². The van der Waals surface area contributed by atoms with Crippen molar-refractivity contribution in [2.75, 3.05) is 5.32 Å². The number of imidazole rings is 1. The minimum atomic E-state index is -4.59. The summed E-state index contributed by atoms with van der Waals surface area (Å²) in [5.74, 6) is 0.736. The maximum absolute atomic E-state index is 13.3. The van der Waals surface area contributed by atoms with Gasteiger partial charge in [-0.25, -0.2) is 15.0 Å². The monoisotopic (exact) mass is 398 g/mol. The van der Waals surface area contributed by atoms with Gasteiger partial charge >= 0.3 is 6.18 Å². The predicted octanol–water partition coefficient (Wildman–Crippen LogP) is 4.36. The van der Waals surface area contributed by atoms with Crippen molar-refractivity contribution in [3.05, 3.63) is 65.9 Å². The van der Waals surface area contributed by atoms with Gasteiger partial charge in [0, 0.05) is 31.1 Å². The van der Waals surface area contributed by atoms with Crippen molar-refractivity contribution >= 4 is 16.9 Å². The van der Waals surface area contributed by atoms with Crippen molar-refractivity contribution in [2.24, 2.45) is 7.05 Å². The molecule has 9 heteroatoms. The first-order valence-corrected chi connectivity index (χ1v) is 8.84. The summed E-state index contributed by atoms with van der Waals surface area (Å²) in [6.45, 7) is 2.21. The van der Waals surface area contributed by atoms with Crippen LogP contribution in [0.25, 0.3) is 22.4 Å². The SMILES string of the molecule is Cc1cccc2nc(CNc3cc(C(F)(F)F)nc(-c4ccncc4)n3)n(C)c12. The number of nitrogens with one attached hydrogen (secondary N) is 1. The summed E-state index contributed by atoms with van der Waals surface area (Å²) >= 11 is 0. The van der Waals surface area contributed by atoms with Gasteiger partial charge < -0.3 is 9.88 Å². The number of rotatable bonds is 4. The zero-order valence-corrected chi connectivity index (χ0v) is 15.7. The van der Waals surface area contributed by atoms with Crippen LogP contribution in [0.1, 0.15) is 17.1 Å². The van der Waals surface area contributed by atoms with Gasteiger partial charge in [-0.3, -0.25) is 4.98 Å². The summed E-state index contributed by atoms with van der Waals surface area (Å²) < 4.78 is 41.9. The minimum absolute atomic E-state index is 0.0226. The predicted molar refractivity (Wildman–Crippen MR) is 103 cm³/mol. The van der Waals surface area contributed by atoms with Crippen LogP contribution in [0.5, 0.6) is 0 Å². The van der Waals surface area contributed by atoms with E-state index >= 15 is 0 Å². The zero-order valence-electron chi connectivity index (χ0n) is 15.7. The van der Waals surface area contributed by atoms with Gasteiger partial charge in [0.15, 0.2) is 11.5 Å². The van der Waals surface area contributed by atoms with E-state index in [1.165, 1.54) is 12.4 Å². The molecule has 0 aliphatic rings. The first-order chi connectivity index (χ1) is 13.8. The molecule has 0 radical (unpaired) electrons. The Bertz CT molecular complexity index is 1170. The highest BCUT2D eigenvalue weighted by Crippen LogP contribution is 2.31. The molecule has 4 rings (SSSR count). The Labute approximate surface area is 164 Å². The van der Waals surface area contributed by atoms with Crippen molar-refractivity contribution in [2.45, 2.75) is 19.6 Å². The van der Waals surface area contributed by atoms with Crippen LogP contribution < -0.4 is 5.32 Å². The highest BCUT2D eigenvalue weighted by Gasteiger charge is 2.33. The molecule has 148 valence electrons. The van der Waals surface area contributed by atoms with Crippen molar-refractivity contribution in [3.8, 4) is 11.4 Å². The molecule has 0 atom stereocenters. The molecule has 4 aromatic rings. The number of anilines is 1. The molecule has 0 bridgehead atoms. The van der Waals surface area contributed by atoms with Gasteiger partial charge in [-0.2, -0.15) is 13.2 Å². The van der Waals surface area contributed by atoms with Crippen LogP contribution in [-0.2, 0) is 19.8 Å². The second-order valence-electron chi connectivity index (χ2n) is 6.58. The van der Waals surface area contributed by atoms with Gasteiger partial charge in [-0.05, 0) is 30.7 Å². The van der Waals surface area contributed by atoms with E-state index < -0.39 is 11.9 Å². The van der Waals surface area contributed by atoms with Gasteiger partial charge in [-0.15, -0.1) is 0 Å². The number of hydrogen-bond acceptors (Lipinski definition) is 5. The molecule has 6 nitrogen and oxygen atoms in total. The normalized spacial score (nSPS) is 11.8. The first kappa shape index (κ1) is 18.9. The molecule has 29 heavy (non-hydrogen) atoms. The van der Waals surface area contributed by atoms with Crippen LogP contribution >= 0.6 is 0 Å². The third-order valence-corrected chi connectivity index (χ3v) is 4.57. The Morgan fingerprint density at radius 2 is 1.79 bits per heavy atom. The van der Waals surface area contributed by atoms with Crippen molar-refractivity contribution in [1.82, 2.24) is 24.5 Å². The second kappa shape index (κ2) is 7.16. The molecule has 0 aliphatic carbocycles. The lowest BCUT2D eigenvalue weighted by molar-refractivity contribution is -0.141. The summed E-state index contributed by atoms with van der Waals surface area (Å²) in [6.07, 6.45) is -1.63. The lowest BCUT2D eigenvalue weighted by Crippen LogP contribution is -2.13. The summed E-state index contributed by atoms with van der Waals surface area (Å²) in [6, 6.07) is 9.84. The second-order valence-corrected chi connectivity index (χ2v) is 6.58. The van der Waals surface area contributed by atoms with E-state index in [-0.39, 0.29) is 18.2 Å². The third-order valence-electron chi connectivity index (χ3n) is 4.57. The fraction of sp³-hybridized carbons (Fsp3) is 0.200. The van der Waals surface area contributed by atoms with Crippen LogP contribution in [0.15, 0.2) is 48.8 Å². The number of aryl methyl sites for hydroxylation is 2. The number of fused-ring (bicyclic) bond motifs is 1. The van der Waals surface area contributed by atoms with Crippen molar-refractivity contribution < 1.29 is 13.2 Å². The van der Waals surface area contributed by atoms with E-state index in [2.05, 4.69) is 25.3 Å². The Hall–Kier alpha value is -3.49. The molecule has 0 spiro atoms. The molecule has 0 aliphatic heterocycles. The maximum atomic E-state index is 13.3. The summed E-state index contributed by atoms with van der Waals surface area (Å²) in [7, 11) is 1.88. The van der Waals surface area contributed by atoms with Crippen LogP contribution in [0, 0.1) is 6.92 Å². The fourth-order valence-corrected chi connectivity index (χ4v) is 3.15. The Balaban J connectivity index is 1.68. The highest BCUT2D eigenvalue weighted by atomic mass is 19.4. The Morgan fingerprint density at radius 3 is 2.48 bits per heavy atom. The van der Waals surface area contributed by atoms with E-state index in [0.717, 1.165) is 22.7 Å². The molecular weight excluding hydrogens is 381 g/mol. The van der Waals surface area contributed by atoms with E-state index in [0.29, 0.717) is 11.4 Å². The van der Waals surface area contributed by atoms with Crippen LogP contribution in [0.4, 0.5) is 19.0 Å². The van der Waals surface area contributed by atoms with Crippen molar-refractivity contribution in [3.63, 3.8) is 0 Å². The van der Waals surface area contributed by atoms with Crippen LogP contribution in [-0.4, -0.2) is 24.5 Å². The van der Waals surface area contributed by atoms with E-state index in [1.807, 2.05) is 36.7 Å². The van der Waals surface area contributed by atoms with Gasteiger partial charge in [-0.1, -0.05) is 12.1 Å². The Kier molecular flexibility index (Phi) is 4.65. The number of aromatic nitrogens is 5. The topological polar surface area (TPSA) is 68.5 Å². The quantitative estimate of drug-likeness (QED) is 0.553. The van der Waals surface area contributed by atoms with Crippen LogP contribution in [0.2, 0.25) is 0 Å². The summed E-state index contributed by atoms with van der Waals surface area (Å²) in [4.78, 5) is 16.4. The molecule has 3 aromatic heterocycles. The summed E-state index contributed by atoms with van der Waals surface area (Å²) in [5, 5.41) is 2.95. The molecule has 0 unspecified atom stereocenters. The zero-order chi connectivity index (χ0) is 20.6. The number of hydrogen-bond donors (Lipinski definition) is 1. The molecule has 0 fully saturated rings. The molecule has 0 saturated heterocycles. The standard InChI is InChI=1S/C20H17F3N6/c1-12-4-3-5-14-18(12)29(2)17(26-14)11-25-16-10-15(20(21,22)23)27-19(28-16)13-6-8-24-9-7-13/h3-10H,11H2,1-2H3,(H,25,27,28). The maximum Gasteiger partial charge on any atom is 0.433 e. The van der Waals surface area contributed by atoms with Crippen LogP contribution in [0.3, 0.4) is 0 Å². The van der Waals surface area contributed by atoms with E-state index in [1.54, 1.807) is 12.1 Å². The number of nitrogens with zero attached hydrogens (tertiary/aromatic N) is 5. The first-order valence-electron chi connectivity index (χ1n) is 8.84. The van der Waals surface area contributed by atoms with Gasteiger partial charge in [0.05, 0.1) is 17.6 Å². The average Bonchev–Trinajstić information content (AvgIpc) is 3.03. The smallest absolute Gasteiger partial charge is 0.363 e. The Morgan fingerprint density at radius 1 is 1.03 bits per heavy atom. The molecule has 1 aromatic carbocycles. The highest BCUT2D eigenvalue weighted by molar-refractivity contribution is 5.79. The number of halogens is 3. The fourth-order valence-electron chi connectivity index (χ4n) is 3.15. The third kappa shape index (κ3) is 3.75. The van der Waals surface area contributed by atoms with Gasteiger partial charge in [0.1, 0.15) is 11.6 Å². The lowest BCUT2D eigenvalue weighted by Gasteiger charge is -2.12. The minimum Gasteiger partial charge on any atom is -0.363 e. The molecule has 0 amide bonds. The van der Waals surface area contributed by atoms with E-state index in [4.69, 9.17) is 0 Å². The number of benzene rings is 1. The molecule has 1 N–H and O–H groups in total. The summed E-state index contributed by atoms with van der Waals surface area (Å²) in [5.41, 5.74) is 2.33. The van der Waals surface area contributed by atoms with Gasteiger partial charge in [0.2, 0.25) is 0 Å². The number of pyridine rings is 1. The number of alkyl halides is 3. The lowest BCUT2D eigenvalue weighted by atomic mass is 10.2. The molecule has 3 heterocycles.